The van der Waals surface area contributed by atoms with Crippen molar-refractivity contribution >= 4 is 28.6 Å². The molecule has 0 spiro atoms. The number of hydrogen-bond donors (Lipinski definition) is 2. The molecular formula is C13H15NO5S. The lowest BCUT2D eigenvalue weighted by atomic mass is 9.93. The normalized spacial score (nSPS) is 26.4. The predicted octanol–water partition coefficient (Wildman–Crippen LogP) is 1.45. The van der Waals surface area contributed by atoms with Gasteiger partial charge in [-0.3, -0.25) is 9.59 Å². The van der Waals surface area contributed by atoms with Crippen molar-refractivity contribution in [3.63, 3.8) is 0 Å². The number of likely N-dealkylation sites (N-methyl/N-ethyl adjacent to an activating group) is 1. The standard InChI is InChI=1S/C13H15NO5S/c1-14(2)7-6-9(8-4-3-5-19-8)20-11(13(17)18)10(7)12(15)16/h3-7,10-11H,1-2H3,(H,15,16)(H,17,18)/t7-,10-,11+/m0/s1. The van der Waals surface area contributed by atoms with Gasteiger partial charge >= 0.3 is 11.9 Å². The first-order valence-corrected chi connectivity index (χ1v) is 6.84. The summed E-state index contributed by atoms with van der Waals surface area (Å²) in [7, 11) is 3.46. The van der Waals surface area contributed by atoms with Crippen LogP contribution >= 0.6 is 11.8 Å². The van der Waals surface area contributed by atoms with Gasteiger partial charge in [0.25, 0.3) is 0 Å². The summed E-state index contributed by atoms with van der Waals surface area (Å²) in [6.45, 7) is 0. The molecule has 1 aliphatic heterocycles. The van der Waals surface area contributed by atoms with Gasteiger partial charge in [-0.05, 0) is 32.3 Å². The Morgan fingerprint density at radius 2 is 2.00 bits per heavy atom. The number of nitrogens with zero attached hydrogens (tertiary/aromatic N) is 1. The Labute approximate surface area is 120 Å². The number of thioether (sulfide) groups is 1. The van der Waals surface area contributed by atoms with Gasteiger partial charge in [0, 0.05) is 10.9 Å². The van der Waals surface area contributed by atoms with Gasteiger partial charge in [0.1, 0.15) is 11.0 Å². The van der Waals surface area contributed by atoms with Crippen LogP contribution in [0.15, 0.2) is 28.9 Å². The molecule has 0 fully saturated rings. The van der Waals surface area contributed by atoms with Crippen LogP contribution < -0.4 is 0 Å². The number of furan rings is 1. The summed E-state index contributed by atoms with van der Waals surface area (Å²) in [5.74, 6) is -2.70. The third-order valence-electron chi connectivity index (χ3n) is 3.16. The topological polar surface area (TPSA) is 91.0 Å². The highest BCUT2D eigenvalue weighted by molar-refractivity contribution is 8.09. The van der Waals surface area contributed by atoms with E-state index in [1.807, 2.05) is 0 Å². The van der Waals surface area contributed by atoms with E-state index in [4.69, 9.17) is 4.42 Å². The van der Waals surface area contributed by atoms with E-state index in [-0.39, 0.29) is 0 Å². The summed E-state index contributed by atoms with van der Waals surface area (Å²) < 4.78 is 5.28. The fourth-order valence-corrected chi connectivity index (χ4v) is 3.44. The molecule has 1 aromatic rings. The molecule has 0 unspecified atom stereocenters. The van der Waals surface area contributed by atoms with Crippen molar-refractivity contribution in [2.75, 3.05) is 14.1 Å². The van der Waals surface area contributed by atoms with E-state index in [9.17, 15) is 19.8 Å². The first-order chi connectivity index (χ1) is 9.41. The molecule has 0 bridgehead atoms. The number of carbonyl (C=O) groups is 2. The Morgan fingerprint density at radius 1 is 1.30 bits per heavy atom. The van der Waals surface area contributed by atoms with E-state index >= 15 is 0 Å². The van der Waals surface area contributed by atoms with E-state index in [0.717, 1.165) is 11.8 Å². The fraction of sp³-hybridized carbons (Fsp3) is 0.385. The molecule has 2 rings (SSSR count). The molecule has 0 aliphatic carbocycles. The molecule has 2 N–H and O–H groups in total. The molecule has 20 heavy (non-hydrogen) atoms. The zero-order valence-corrected chi connectivity index (χ0v) is 11.8. The Morgan fingerprint density at radius 3 is 2.45 bits per heavy atom. The van der Waals surface area contributed by atoms with Gasteiger partial charge in [-0.1, -0.05) is 0 Å². The second kappa shape index (κ2) is 5.72. The maximum atomic E-state index is 11.4. The van der Waals surface area contributed by atoms with Crippen LogP contribution in [-0.4, -0.2) is 52.4 Å². The summed E-state index contributed by atoms with van der Waals surface area (Å²) in [5.41, 5.74) is 0. The minimum Gasteiger partial charge on any atom is -0.481 e. The van der Waals surface area contributed by atoms with Crippen molar-refractivity contribution < 1.29 is 24.2 Å². The van der Waals surface area contributed by atoms with Crippen molar-refractivity contribution in [1.82, 2.24) is 4.90 Å². The Bertz CT molecular complexity index is 537. The molecule has 0 saturated carbocycles. The molecule has 108 valence electrons. The molecule has 0 saturated heterocycles. The molecule has 2 heterocycles. The van der Waals surface area contributed by atoms with E-state index in [0.29, 0.717) is 10.7 Å². The predicted molar refractivity (Wildman–Crippen MR) is 74.3 cm³/mol. The largest absolute Gasteiger partial charge is 0.481 e. The van der Waals surface area contributed by atoms with Gasteiger partial charge in [-0.15, -0.1) is 11.8 Å². The van der Waals surface area contributed by atoms with Gasteiger partial charge in [0.05, 0.1) is 12.2 Å². The summed E-state index contributed by atoms with van der Waals surface area (Å²) in [4.78, 5) is 25.2. The van der Waals surface area contributed by atoms with Crippen LogP contribution in [0.2, 0.25) is 0 Å². The van der Waals surface area contributed by atoms with Crippen LogP contribution in [0.4, 0.5) is 0 Å². The molecule has 7 heteroatoms. The molecule has 1 aromatic heterocycles. The molecule has 0 aromatic carbocycles. The molecule has 0 radical (unpaired) electrons. The molecule has 0 amide bonds. The number of aliphatic carboxylic acids is 2. The van der Waals surface area contributed by atoms with Gasteiger partial charge in [0.2, 0.25) is 0 Å². The van der Waals surface area contributed by atoms with Crippen molar-refractivity contribution in [2.24, 2.45) is 5.92 Å². The maximum absolute atomic E-state index is 11.4. The zero-order valence-electron chi connectivity index (χ0n) is 11.0. The van der Waals surface area contributed by atoms with Crippen LogP contribution in [0.25, 0.3) is 4.91 Å². The molecule has 1 aliphatic rings. The van der Waals surface area contributed by atoms with Crippen LogP contribution in [0.5, 0.6) is 0 Å². The second-order valence-corrected chi connectivity index (χ2v) is 5.89. The molecular weight excluding hydrogens is 282 g/mol. The SMILES string of the molecule is CN(C)[C@H]1C=C(c2ccco2)S[C@@H](C(=O)O)[C@H]1C(=O)O. The monoisotopic (exact) mass is 297 g/mol. The first-order valence-electron chi connectivity index (χ1n) is 5.96. The maximum Gasteiger partial charge on any atom is 0.317 e. The average Bonchev–Trinajstić information content (AvgIpc) is 2.90. The summed E-state index contributed by atoms with van der Waals surface area (Å²) in [5, 5.41) is 17.6. The highest BCUT2D eigenvalue weighted by Crippen LogP contribution is 2.42. The van der Waals surface area contributed by atoms with Crippen LogP contribution in [0.3, 0.4) is 0 Å². The highest BCUT2D eigenvalue weighted by atomic mass is 32.2. The number of hydrogen-bond acceptors (Lipinski definition) is 5. The van der Waals surface area contributed by atoms with E-state index < -0.39 is 29.1 Å². The third kappa shape index (κ3) is 2.73. The van der Waals surface area contributed by atoms with Crippen LogP contribution in [0, 0.1) is 5.92 Å². The Hall–Kier alpha value is -1.73. The van der Waals surface area contributed by atoms with E-state index in [1.165, 1.54) is 6.26 Å². The summed E-state index contributed by atoms with van der Waals surface area (Å²) >= 11 is 1.02. The van der Waals surface area contributed by atoms with Crippen molar-refractivity contribution in [2.45, 2.75) is 11.3 Å². The van der Waals surface area contributed by atoms with Crippen LogP contribution in [-0.2, 0) is 9.59 Å². The lowest BCUT2D eigenvalue weighted by Crippen LogP contribution is -2.48. The second-order valence-electron chi connectivity index (χ2n) is 4.70. The lowest BCUT2D eigenvalue weighted by Gasteiger charge is -2.35. The zero-order chi connectivity index (χ0) is 14.9. The van der Waals surface area contributed by atoms with Gasteiger partial charge in [-0.25, -0.2) is 0 Å². The van der Waals surface area contributed by atoms with Crippen LogP contribution in [0.1, 0.15) is 5.76 Å². The first kappa shape index (κ1) is 14.7. The number of carboxylic acids is 2. The highest BCUT2D eigenvalue weighted by Gasteiger charge is 2.44. The smallest absolute Gasteiger partial charge is 0.317 e. The van der Waals surface area contributed by atoms with Crippen molar-refractivity contribution in [3.8, 4) is 0 Å². The number of rotatable bonds is 4. The van der Waals surface area contributed by atoms with E-state index in [2.05, 4.69) is 0 Å². The third-order valence-corrected chi connectivity index (χ3v) is 4.50. The fourth-order valence-electron chi connectivity index (χ4n) is 2.20. The summed E-state index contributed by atoms with van der Waals surface area (Å²) in [6.07, 6.45) is 3.25. The van der Waals surface area contributed by atoms with Gasteiger partial charge < -0.3 is 19.5 Å². The summed E-state index contributed by atoms with van der Waals surface area (Å²) in [6, 6.07) is 2.93. The quantitative estimate of drug-likeness (QED) is 0.869. The lowest BCUT2D eigenvalue weighted by molar-refractivity contribution is -0.149. The van der Waals surface area contributed by atoms with Crippen molar-refractivity contribution in [3.05, 3.63) is 30.2 Å². The van der Waals surface area contributed by atoms with Crippen molar-refractivity contribution in [1.29, 1.82) is 0 Å². The Kier molecular flexibility index (Phi) is 4.20. The minimum absolute atomic E-state index is 0.505. The van der Waals surface area contributed by atoms with Gasteiger partial charge in [0.15, 0.2) is 0 Å². The minimum atomic E-state index is -1.13. The average molecular weight is 297 g/mol. The molecule has 6 nitrogen and oxygen atoms in total. The Balaban J connectivity index is 2.45. The number of carboxylic acid groups (broad SMARTS) is 2. The van der Waals surface area contributed by atoms with Gasteiger partial charge in [-0.2, -0.15) is 0 Å². The molecule has 3 atom stereocenters. The van der Waals surface area contributed by atoms with E-state index in [1.54, 1.807) is 37.2 Å².